The first-order chi connectivity index (χ1) is 16.3. The second-order valence-corrected chi connectivity index (χ2v) is 8.45. The number of aliphatic imine (C=N–C) groups is 1. The Bertz CT molecular complexity index is 1140. The minimum absolute atomic E-state index is 0. The van der Waals surface area contributed by atoms with Crippen LogP contribution in [0, 0.1) is 0 Å². The number of nitrogens with zero attached hydrogens (tertiary/aromatic N) is 2. The topological polar surface area (TPSA) is 49.3 Å². The van der Waals surface area contributed by atoms with Crippen LogP contribution in [0.1, 0.15) is 31.4 Å². The van der Waals surface area contributed by atoms with Crippen LogP contribution in [0.15, 0.2) is 96.0 Å². The number of hydrogen-bond donors (Lipinski definition) is 2. The van der Waals surface area contributed by atoms with Crippen LogP contribution in [0.4, 0.5) is 11.4 Å². The zero-order valence-corrected chi connectivity index (χ0v) is 23.1. The van der Waals surface area contributed by atoms with Crippen LogP contribution in [0.25, 0.3) is 10.9 Å². The first-order valence-electron chi connectivity index (χ1n) is 11.5. The fraction of sp³-hybridized carbons (Fsp3) is 0.214. The standard InChI is InChI=1S/C28H29ClN4.3ClH/c29-23-18-16-22-17-19-26(31-27(22)21-23)15-5-1-2-10-20-30-28(32-24-11-6-3-7-12-24)33-25-13-8-4-9-14-25;;;/h3-4,6-9,11-14,16-19,21H,1-2,5,10,15,20H2,(H2,30,32,33);3*1H. The fourth-order valence-electron chi connectivity index (χ4n) is 3.66. The van der Waals surface area contributed by atoms with Crippen molar-refractivity contribution in [3.8, 4) is 0 Å². The Morgan fingerprint density at radius 2 is 1.28 bits per heavy atom. The van der Waals surface area contributed by atoms with Crippen molar-refractivity contribution in [3.63, 3.8) is 0 Å². The number of pyridine rings is 1. The lowest BCUT2D eigenvalue weighted by Gasteiger charge is -2.12. The smallest absolute Gasteiger partial charge is 0.200 e. The van der Waals surface area contributed by atoms with Crippen LogP contribution < -0.4 is 10.6 Å². The largest absolute Gasteiger partial charge is 0.326 e. The SMILES string of the molecule is Cl.Cl.Cl.Clc1ccc2ccc(CCCCCCN=C(Nc3ccccc3)Nc3ccccc3)nc2c1. The van der Waals surface area contributed by atoms with E-state index in [2.05, 4.69) is 22.8 Å². The summed E-state index contributed by atoms with van der Waals surface area (Å²) in [5, 5.41) is 8.64. The molecular formula is C28H32Cl4N4. The summed E-state index contributed by atoms with van der Waals surface area (Å²) in [6.45, 7) is 0.779. The van der Waals surface area contributed by atoms with E-state index in [0.29, 0.717) is 0 Å². The van der Waals surface area contributed by atoms with Crippen molar-refractivity contribution < 1.29 is 0 Å². The molecule has 0 bridgehead atoms. The summed E-state index contributed by atoms with van der Waals surface area (Å²) in [7, 11) is 0. The second kappa shape index (κ2) is 17.0. The molecule has 4 nitrogen and oxygen atoms in total. The van der Waals surface area contributed by atoms with Crippen LogP contribution in [0.3, 0.4) is 0 Å². The number of para-hydroxylation sites is 2. The summed E-state index contributed by atoms with van der Waals surface area (Å²) in [5.41, 5.74) is 4.13. The van der Waals surface area contributed by atoms with Crippen molar-refractivity contribution in [1.29, 1.82) is 0 Å². The lowest BCUT2D eigenvalue weighted by molar-refractivity contribution is 0.643. The van der Waals surface area contributed by atoms with Gasteiger partial charge in [0.05, 0.1) is 5.52 Å². The van der Waals surface area contributed by atoms with Gasteiger partial charge in [0.2, 0.25) is 0 Å². The van der Waals surface area contributed by atoms with Gasteiger partial charge < -0.3 is 10.6 Å². The van der Waals surface area contributed by atoms with Crippen molar-refractivity contribution in [3.05, 3.63) is 102 Å². The lowest BCUT2D eigenvalue weighted by Crippen LogP contribution is -2.22. The number of nitrogens with one attached hydrogen (secondary N) is 2. The highest BCUT2D eigenvalue weighted by atomic mass is 35.5. The molecule has 0 saturated carbocycles. The van der Waals surface area contributed by atoms with E-state index in [0.717, 1.165) is 71.2 Å². The first kappa shape index (κ1) is 31.5. The van der Waals surface area contributed by atoms with Gasteiger partial charge >= 0.3 is 0 Å². The monoisotopic (exact) mass is 564 g/mol. The van der Waals surface area contributed by atoms with E-state index in [1.54, 1.807) is 0 Å². The van der Waals surface area contributed by atoms with E-state index in [4.69, 9.17) is 21.6 Å². The van der Waals surface area contributed by atoms with Crippen LogP contribution in [-0.4, -0.2) is 17.5 Å². The third-order valence-corrected chi connectivity index (χ3v) is 5.63. The number of anilines is 2. The summed E-state index contributed by atoms with van der Waals surface area (Å²) >= 11 is 6.10. The third-order valence-electron chi connectivity index (χ3n) is 5.40. The van der Waals surface area contributed by atoms with Gasteiger partial charge in [-0.2, -0.15) is 0 Å². The van der Waals surface area contributed by atoms with Gasteiger partial charge in [0.15, 0.2) is 5.96 Å². The van der Waals surface area contributed by atoms with Crippen molar-refractivity contribution >= 4 is 77.1 Å². The van der Waals surface area contributed by atoms with E-state index >= 15 is 0 Å². The first-order valence-corrected chi connectivity index (χ1v) is 11.9. The van der Waals surface area contributed by atoms with Crippen molar-refractivity contribution in [2.24, 2.45) is 4.99 Å². The summed E-state index contributed by atoms with van der Waals surface area (Å²) in [6.07, 6.45) is 5.48. The highest BCUT2D eigenvalue weighted by molar-refractivity contribution is 6.31. The third kappa shape index (κ3) is 10.2. The normalized spacial score (nSPS) is 9.81. The van der Waals surface area contributed by atoms with Gasteiger partial charge in [-0.25, -0.2) is 0 Å². The van der Waals surface area contributed by atoms with E-state index in [1.807, 2.05) is 78.9 Å². The molecule has 0 saturated heterocycles. The molecule has 0 radical (unpaired) electrons. The Morgan fingerprint density at radius 1 is 0.694 bits per heavy atom. The maximum absolute atomic E-state index is 6.10. The van der Waals surface area contributed by atoms with Crippen LogP contribution in [-0.2, 0) is 6.42 Å². The summed E-state index contributed by atoms with van der Waals surface area (Å²) in [4.78, 5) is 9.53. The van der Waals surface area contributed by atoms with Gasteiger partial charge in [-0.3, -0.25) is 9.98 Å². The Balaban J connectivity index is 0.00000216. The molecule has 3 aromatic carbocycles. The predicted octanol–water partition coefficient (Wildman–Crippen LogP) is 8.84. The van der Waals surface area contributed by atoms with E-state index in [1.165, 1.54) is 6.42 Å². The molecule has 1 aromatic heterocycles. The van der Waals surface area contributed by atoms with Gasteiger partial charge in [0.1, 0.15) is 0 Å². The average Bonchev–Trinajstić information content (AvgIpc) is 2.84. The number of hydrogen-bond acceptors (Lipinski definition) is 2. The molecule has 0 fully saturated rings. The number of aromatic nitrogens is 1. The minimum atomic E-state index is 0. The molecule has 0 atom stereocenters. The Morgan fingerprint density at radius 3 is 1.92 bits per heavy atom. The van der Waals surface area contributed by atoms with Gasteiger partial charge in [-0.05, 0) is 61.7 Å². The zero-order chi connectivity index (χ0) is 22.7. The van der Waals surface area contributed by atoms with Gasteiger partial charge in [-0.1, -0.05) is 73.0 Å². The second-order valence-electron chi connectivity index (χ2n) is 8.02. The predicted molar refractivity (Wildman–Crippen MR) is 163 cm³/mol. The summed E-state index contributed by atoms with van der Waals surface area (Å²) in [6, 6.07) is 30.3. The Kier molecular flexibility index (Phi) is 14.9. The quantitative estimate of drug-likeness (QED) is 0.121. The molecule has 2 N–H and O–H groups in total. The molecule has 0 unspecified atom stereocenters. The number of benzene rings is 3. The summed E-state index contributed by atoms with van der Waals surface area (Å²) in [5.74, 6) is 0.770. The summed E-state index contributed by atoms with van der Waals surface area (Å²) < 4.78 is 0. The number of guanidine groups is 1. The lowest BCUT2D eigenvalue weighted by atomic mass is 10.1. The molecule has 0 amide bonds. The van der Waals surface area contributed by atoms with E-state index < -0.39 is 0 Å². The van der Waals surface area contributed by atoms with Crippen molar-refractivity contribution in [2.45, 2.75) is 32.1 Å². The minimum Gasteiger partial charge on any atom is -0.326 e. The van der Waals surface area contributed by atoms with Crippen LogP contribution in [0.5, 0.6) is 0 Å². The molecule has 0 aliphatic rings. The van der Waals surface area contributed by atoms with Gasteiger partial charge in [-0.15, -0.1) is 37.2 Å². The highest BCUT2D eigenvalue weighted by Gasteiger charge is 2.02. The Hall–Kier alpha value is -2.50. The number of fused-ring (bicyclic) bond motifs is 1. The number of unbranched alkanes of at least 4 members (excludes halogenated alkanes) is 3. The molecule has 4 aromatic rings. The van der Waals surface area contributed by atoms with E-state index in [9.17, 15) is 0 Å². The van der Waals surface area contributed by atoms with E-state index in [-0.39, 0.29) is 37.2 Å². The van der Waals surface area contributed by atoms with Gasteiger partial charge in [0.25, 0.3) is 0 Å². The van der Waals surface area contributed by atoms with Crippen molar-refractivity contribution in [1.82, 2.24) is 4.98 Å². The molecule has 1 heterocycles. The number of aryl methyl sites for hydroxylation is 1. The molecule has 0 spiro atoms. The van der Waals surface area contributed by atoms with Crippen molar-refractivity contribution in [2.75, 3.05) is 17.2 Å². The molecule has 36 heavy (non-hydrogen) atoms. The average molecular weight is 566 g/mol. The van der Waals surface area contributed by atoms with Gasteiger partial charge in [0, 0.05) is 34.0 Å². The highest BCUT2D eigenvalue weighted by Crippen LogP contribution is 2.19. The van der Waals surface area contributed by atoms with Crippen LogP contribution in [0.2, 0.25) is 5.02 Å². The molecule has 0 aliphatic carbocycles. The molecule has 4 rings (SSSR count). The molecular weight excluding hydrogens is 534 g/mol. The molecule has 0 aliphatic heterocycles. The molecule has 192 valence electrons. The number of halogens is 4. The maximum atomic E-state index is 6.10. The number of rotatable bonds is 9. The zero-order valence-electron chi connectivity index (χ0n) is 19.9. The van der Waals surface area contributed by atoms with Crippen LogP contribution >= 0.6 is 48.8 Å². The molecule has 8 heteroatoms. The Labute approximate surface area is 237 Å². The fourth-order valence-corrected chi connectivity index (χ4v) is 3.83. The maximum Gasteiger partial charge on any atom is 0.200 e.